The molecule has 5 aromatic rings. The van der Waals surface area contributed by atoms with Crippen LogP contribution in [0.15, 0.2) is 96.0 Å². The fourth-order valence-electron chi connectivity index (χ4n) is 5.07. The van der Waals surface area contributed by atoms with Gasteiger partial charge in [-0.3, -0.25) is 0 Å². The van der Waals surface area contributed by atoms with Crippen molar-refractivity contribution in [1.82, 2.24) is 19.2 Å². The number of hydrogen-bond acceptors (Lipinski definition) is 3. The lowest BCUT2D eigenvalue weighted by molar-refractivity contribution is 0.194. The Morgan fingerprint density at radius 2 is 1.77 bits per heavy atom. The van der Waals surface area contributed by atoms with Crippen molar-refractivity contribution in [2.75, 3.05) is 11.6 Å². The summed E-state index contributed by atoms with van der Waals surface area (Å²) in [5.74, 6) is -0.517. The molecule has 0 fully saturated rings. The molecule has 1 aliphatic rings. The Hall–Kier alpha value is -4.37. The van der Waals surface area contributed by atoms with Gasteiger partial charge in [-0.1, -0.05) is 30.3 Å². The van der Waals surface area contributed by atoms with Crippen LogP contribution in [0, 0.1) is 18.6 Å². The lowest BCUT2D eigenvalue weighted by Gasteiger charge is -2.31. The van der Waals surface area contributed by atoms with E-state index in [0.717, 1.165) is 57.1 Å². The number of nitrogens with one attached hydrogen (secondary N) is 1. The molecule has 3 heterocycles. The zero-order valence-electron chi connectivity index (χ0n) is 21.3. The van der Waals surface area contributed by atoms with Gasteiger partial charge in [0.25, 0.3) is 0 Å². The number of rotatable bonds is 4. The molecule has 0 radical (unpaired) electrons. The molecule has 1 N–H and O–H groups in total. The van der Waals surface area contributed by atoms with E-state index in [9.17, 15) is 13.6 Å². The Kier molecular flexibility index (Phi) is 6.44. The quantitative estimate of drug-likeness (QED) is 0.247. The summed E-state index contributed by atoms with van der Waals surface area (Å²) in [5.41, 5.74) is 4.04. The Morgan fingerprint density at radius 3 is 2.51 bits per heavy atom. The number of hydrogen-bond donors (Lipinski definition) is 1. The summed E-state index contributed by atoms with van der Waals surface area (Å²) in [5, 5.41) is 7.45. The number of nitrogens with zero attached hydrogens (tertiary/aromatic N) is 4. The third-order valence-electron chi connectivity index (χ3n) is 6.95. The van der Waals surface area contributed by atoms with Gasteiger partial charge < -0.3 is 14.8 Å². The van der Waals surface area contributed by atoms with Crippen LogP contribution < -0.4 is 5.32 Å². The third kappa shape index (κ3) is 4.48. The number of carbonyl (C=O) groups excluding carboxylic acids is 1. The van der Waals surface area contributed by atoms with Crippen LogP contribution in [0.1, 0.15) is 28.6 Å². The molecule has 9 heteroatoms. The average Bonchev–Trinajstić information content (AvgIpc) is 3.51. The van der Waals surface area contributed by atoms with Crippen molar-refractivity contribution in [1.29, 1.82) is 0 Å². The van der Waals surface area contributed by atoms with Gasteiger partial charge in [0, 0.05) is 22.7 Å². The standard InChI is InChI=1S/C30H25F2N5OS/c1-19-24-18-36(30(38)33-26-17-21(31)12-15-25(26)32)28(20-10-13-23(39-2)14-11-20)27-9-6-16-35(27)29(24)37(34-19)22-7-4-3-5-8-22/h3-17,28H,18H2,1-2H3,(H,33,38)/t28-/m0/s1. The fourth-order valence-corrected chi connectivity index (χ4v) is 5.47. The lowest BCUT2D eigenvalue weighted by atomic mass is 10.0. The number of anilines is 1. The van der Waals surface area contributed by atoms with Crippen molar-refractivity contribution < 1.29 is 13.6 Å². The highest BCUT2D eigenvalue weighted by Crippen LogP contribution is 2.39. The molecule has 1 atom stereocenters. The molecule has 6 rings (SSSR count). The summed E-state index contributed by atoms with van der Waals surface area (Å²) >= 11 is 1.63. The van der Waals surface area contributed by atoms with E-state index in [1.807, 2.05) is 90.8 Å². The topological polar surface area (TPSA) is 55.1 Å². The van der Waals surface area contributed by atoms with Gasteiger partial charge in [-0.2, -0.15) is 5.10 Å². The number of para-hydroxylation sites is 1. The zero-order chi connectivity index (χ0) is 27.1. The number of thioether (sulfide) groups is 1. The number of benzene rings is 3. The predicted octanol–water partition coefficient (Wildman–Crippen LogP) is 7.11. The van der Waals surface area contributed by atoms with Gasteiger partial charge >= 0.3 is 6.03 Å². The molecule has 39 heavy (non-hydrogen) atoms. The van der Waals surface area contributed by atoms with Gasteiger partial charge in [0.2, 0.25) is 0 Å². The van der Waals surface area contributed by atoms with Gasteiger partial charge in [-0.05, 0) is 67.3 Å². The second-order valence-corrected chi connectivity index (χ2v) is 10.2. The van der Waals surface area contributed by atoms with Crippen molar-refractivity contribution in [3.05, 3.63) is 125 Å². The van der Waals surface area contributed by atoms with Crippen molar-refractivity contribution in [2.24, 2.45) is 0 Å². The number of halogens is 2. The molecular formula is C30H25F2N5OS. The number of fused-ring (bicyclic) bond motifs is 3. The van der Waals surface area contributed by atoms with E-state index < -0.39 is 23.7 Å². The summed E-state index contributed by atoms with van der Waals surface area (Å²) in [6.45, 7) is 2.12. The molecule has 1 aliphatic heterocycles. The summed E-state index contributed by atoms with van der Waals surface area (Å²) in [6, 6.07) is 23.7. The smallest absolute Gasteiger partial charge is 0.307 e. The number of aromatic nitrogens is 3. The van der Waals surface area contributed by atoms with Gasteiger partial charge in [-0.15, -0.1) is 11.8 Å². The van der Waals surface area contributed by atoms with Crippen molar-refractivity contribution in [3.63, 3.8) is 0 Å². The van der Waals surface area contributed by atoms with E-state index in [1.54, 1.807) is 16.7 Å². The maximum Gasteiger partial charge on any atom is 0.323 e. The van der Waals surface area contributed by atoms with Crippen LogP contribution in [0.2, 0.25) is 0 Å². The first-order chi connectivity index (χ1) is 18.9. The Morgan fingerprint density at radius 1 is 1.00 bits per heavy atom. The normalized spacial score (nSPS) is 14.5. The number of urea groups is 1. The van der Waals surface area contributed by atoms with E-state index in [2.05, 4.69) is 9.88 Å². The monoisotopic (exact) mass is 541 g/mol. The number of aryl methyl sites for hydroxylation is 1. The Balaban J connectivity index is 1.53. The summed E-state index contributed by atoms with van der Waals surface area (Å²) in [7, 11) is 0. The highest BCUT2D eigenvalue weighted by Gasteiger charge is 2.36. The van der Waals surface area contributed by atoms with E-state index in [0.29, 0.717) is 0 Å². The highest BCUT2D eigenvalue weighted by molar-refractivity contribution is 7.98. The molecule has 0 spiro atoms. The Bertz CT molecular complexity index is 1660. The van der Waals surface area contributed by atoms with Crippen LogP contribution in [0.25, 0.3) is 11.5 Å². The molecule has 2 aromatic heterocycles. The first kappa shape index (κ1) is 24.9. The molecule has 0 unspecified atom stereocenters. The molecule has 196 valence electrons. The third-order valence-corrected chi connectivity index (χ3v) is 7.69. The Labute approximate surface area is 228 Å². The van der Waals surface area contributed by atoms with Gasteiger partial charge in [0.1, 0.15) is 17.5 Å². The number of amides is 2. The van der Waals surface area contributed by atoms with E-state index in [-0.39, 0.29) is 12.2 Å². The highest BCUT2D eigenvalue weighted by atomic mass is 32.2. The van der Waals surface area contributed by atoms with Gasteiger partial charge in [0.15, 0.2) is 0 Å². The van der Waals surface area contributed by atoms with Crippen LogP contribution >= 0.6 is 11.8 Å². The lowest BCUT2D eigenvalue weighted by Crippen LogP contribution is -2.38. The van der Waals surface area contributed by atoms with Gasteiger partial charge in [0.05, 0.1) is 35.3 Å². The van der Waals surface area contributed by atoms with Crippen molar-refractivity contribution in [3.8, 4) is 11.5 Å². The first-order valence-corrected chi connectivity index (χ1v) is 13.6. The van der Waals surface area contributed by atoms with Gasteiger partial charge in [-0.25, -0.2) is 18.3 Å². The molecule has 2 amide bonds. The largest absolute Gasteiger partial charge is 0.323 e. The molecule has 0 bridgehead atoms. The van der Waals surface area contributed by atoms with E-state index >= 15 is 0 Å². The van der Waals surface area contributed by atoms with E-state index in [1.165, 1.54) is 0 Å². The fraction of sp³-hybridized carbons (Fsp3) is 0.133. The SMILES string of the molecule is CSc1ccc([C@H]2c3cccn3-c3c(c(C)nn3-c3ccccc3)CN2C(=O)Nc2cc(F)ccc2F)cc1. The molecule has 0 saturated heterocycles. The molecular weight excluding hydrogens is 516 g/mol. The van der Waals surface area contributed by atoms with Crippen molar-refractivity contribution >= 4 is 23.5 Å². The summed E-state index contributed by atoms with van der Waals surface area (Å²) in [4.78, 5) is 16.7. The van der Waals surface area contributed by atoms with E-state index in [4.69, 9.17) is 5.10 Å². The van der Waals surface area contributed by atoms with Crippen LogP contribution in [0.3, 0.4) is 0 Å². The summed E-state index contributed by atoms with van der Waals surface area (Å²) in [6.07, 6.45) is 3.97. The minimum absolute atomic E-state index is 0.202. The maximum absolute atomic E-state index is 14.5. The minimum atomic E-state index is -0.711. The van der Waals surface area contributed by atoms with Crippen LogP contribution in [-0.4, -0.2) is 31.5 Å². The van der Waals surface area contributed by atoms with Crippen LogP contribution in [0.5, 0.6) is 0 Å². The van der Waals surface area contributed by atoms with Crippen molar-refractivity contribution in [2.45, 2.75) is 24.4 Å². The average molecular weight is 542 g/mol. The predicted molar refractivity (Wildman–Crippen MR) is 149 cm³/mol. The van der Waals surface area contributed by atoms with Crippen LogP contribution in [-0.2, 0) is 6.54 Å². The zero-order valence-corrected chi connectivity index (χ0v) is 22.1. The first-order valence-electron chi connectivity index (χ1n) is 12.4. The minimum Gasteiger partial charge on any atom is -0.307 e. The molecule has 0 aliphatic carbocycles. The number of carbonyl (C=O) groups is 1. The maximum atomic E-state index is 14.5. The molecule has 6 nitrogen and oxygen atoms in total. The summed E-state index contributed by atoms with van der Waals surface area (Å²) < 4.78 is 32.4. The van der Waals surface area contributed by atoms with Crippen LogP contribution in [0.4, 0.5) is 19.3 Å². The second-order valence-electron chi connectivity index (χ2n) is 9.30. The molecule has 3 aromatic carbocycles. The second kappa shape index (κ2) is 10.1. The molecule has 0 saturated carbocycles.